The van der Waals surface area contributed by atoms with Crippen LogP contribution in [-0.4, -0.2) is 35.5 Å². The first-order chi connectivity index (χ1) is 9.78. The monoisotopic (exact) mass is 276 g/mol. The van der Waals surface area contributed by atoms with Crippen LogP contribution in [0.3, 0.4) is 0 Å². The minimum Gasteiger partial charge on any atom is -0.339 e. The maximum absolute atomic E-state index is 12.9. The van der Waals surface area contributed by atoms with E-state index in [0.29, 0.717) is 30.0 Å². The molecule has 3 nitrogen and oxygen atoms in total. The molecule has 4 fully saturated rings. The number of carbonyl (C=O) groups is 1. The molecular weight excluding hydrogens is 248 g/mol. The van der Waals surface area contributed by atoms with Crippen molar-refractivity contribution in [3.63, 3.8) is 0 Å². The summed E-state index contributed by atoms with van der Waals surface area (Å²) in [5.41, 5.74) is 0. The Morgan fingerprint density at radius 2 is 1.75 bits per heavy atom. The standard InChI is InChI=1S/C17H28N2O/c1-2-8-19(13-9-11-6-7-12(10-13)18-11)17(20)16-14-4-3-5-15(14)16/h11-16,18H,2-10H2,1H3. The molecule has 4 atom stereocenters. The third-order valence-electron chi connectivity index (χ3n) is 6.33. The molecule has 0 aromatic rings. The molecule has 4 unspecified atom stereocenters. The Morgan fingerprint density at radius 3 is 2.35 bits per heavy atom. The van der Waals surface area contributed by atoms with Crippen LogP contribution in [0.1, 0.15) is 58.3 Å². The predicted molar refractivity (Wildman–Crippen MR) is 79.3 cm³/mol. The van der Waals surface area contributed by atoms with E-state index in [2.05, 4.69) is 17.1 Å². The van der Waals surface area contributed by atoms with Gasteiger partial charge < -0.3 is 10.2 Å². The molecule has 1 N–H and O–H groups in total. The molecule has 2 heterocycles. The summed E-state index contributed by atoms with van der Waals surface area (Å²) in [5.74, 6) is 2.47. The maximum Gasteiger partial charge on any atom is 0.226 e. The number of fused-ring (bicyclic) bond motifs is 3. The maximum atomic E-state index is 12.9. The summed E-state index contributed by atoms with van der Waals surface area (Å²) in [4.78, 5) is 15.2. The molecule has 4 aliphatic rings. The quantitative estimate of drug-likeness (QED) is 0.856. The number of nitrogens with one attached hydrogen (secondary N) is 1. The molecule has 2 bridgehead atoms. The van der Waals surface area contributed by atoms with Gasteiger partial charge >= 0.3 is 0 Å². The van der Waals surface area contributed by atoms with Crippen LogP contribution in [0.25, 0.3) is 0 Å². The minimum atomic E-state index is 0.419. The first-order valence-corrected chi connectivity index (χ1v) is 8.84. The van der Waals surface area contributed by atoms with Crippen molar-refractivity contribution < 1.29 is 4.79 Å². The zero-order chi connectivity index (χ0) is 13.7. The number of amides is 1. The number of hydrogen-bond acceptors (Lipinski definition) is 2. The van der Waals surface area contributed by atoms with E-state index in [0.717, 1.165) is 24.8 Å². The average Bonchev–Trinajstić information content (AvgIpc) is 2.79. The van der Waals surface area contributed by atoms with Gasteiger partial charge in [0.1, 0.15) is 0 Å². The topological polar surface area (TPSA) is 32.3 Å². The summed E-state index contributed by atoms with van der Waals surface area (Å²) in [5, 5.41) is 3.70. The molecule has 0 spiro atoms. The lowest BCUT2D eigenvalue weighted by Gasteiger charge is -2.38. The van der Waals surface area contributed by atoms with Crippen LogP contribution in [0, 0.1) is 17.8 Å². The van der Waals surface area contributed by atoms with Crippen LogP contribution in [-0.2, 0) is 4.79 Å². The van der Waals surface area contributed by atoms with Crippen molar-refractivity contribution in [3.05, 3.63) is 0 Å². The Labute approximate surface area is 122 Å². The lowest BCUT2D eigenvalue weighted by atomic mass is 9.97. The first-order valence-electron chi connectivity index (χ1n) is 8.84. The fourth-order valence-corrected chi connectivity index (χ4v) is 5.37. The minimum absolute atomic E-state index is 0.419. The van der Waals surface area contributed by atoms with E-state index < -0.39 is 0 Å². The van der Waals surface area contributed by atoms with E-state index in [-0.39, 0.29) is 0 Å². The van der Waals surface area contributed by atoms with Gasteiger partial charge in [0.25, 0.3) is 0 Å². The van der Waals surface area contributed by atoms with Crippen molar-refractivity contribution in [2.24, 2.45) is 17.8 Å². The van der Waals surface area contributed by atoms with E-state index in [9.17, 15) is 4.79 Å². The van der Waals surface area contributed by atoms with Gasteiger partial charge in [0.2, 0.25) is 5.91 Å². The number of piperidine rings is 1. The van der Waals surface area contributed by atoms with Gasteiger partial charge in [-0.1, -0.05) is 13.3 Å². The van der Waals surface area contributed by atoms with Crippen LogP contribution >= 0.6 is 0 Å². The van der Waals surface area contributed by atoms with Gasteiger partial charge in [-0.15, -0.1) is 0 Å². The Hall–Kier alpha value is -0.570. The van der Waals surface area contributed by atoms with Crippen LogP contribution in [0.2, 0.25) is 0 Å². The normalized spacial score (nSPS) is 45.2. The van der Waals surface area contributed by atoms with E-state index >= 15 is 0 Å². The van der Waals surface area contributed by atoms with E-state index in [1.807, 2.05) is 0 Å². The van der Waals surface area contributed by atoms with Gasteiger partial charge in [0, 0.05) is 30.6 Å². The molecule has 0 aromatic carbocycles. The highest BCUT2D eigenvalue weighted by Crippen LogP contribution is 2.58. The molecule has 2 saturated heterocycles. The lowest BCUT2D eigenvalue weighted by Crippen LogP contribution is -2.51. The fraction of sp³-hybridized carbons (Fsp3) is 0.941. The third kappa shape index (κ3) is 2.09. The molecule has 2 aliphatic carbocycles. The van der Waals surface area contributed by atoms with E-state index in [1.165, 1.54) is 44.9 Å². The molecule has 3 heteroatoms. The lowest BCUT2D eigenvalue weighted by molar-refractivity contribution is -0.136. The van der Waals surface area contributed by atoms with Crippen molar-refractivity contribution in [1.29, 1.82) is 0 Å². The number of carbonyl (C=O) groups excluding carboxylic acids is 1. The van der Waals surface area contributed by atoms with Crippen LogP contribution in [0.15, 0.2) is 0 Å². The van der Waals surface area contributed by atoms with Crippen molar-refractivity contribution in [3.8, 4) is 0 Å². The largest absolute Gasteiger partial charge is 0.339 e. The molecule has 2 saturated carbocycles. The summed E-state index contributed by atoms with van der Waals surface area (Å²) in [6.45, 7) is 3.20. The molecule has 112 valence electrons. The van der Waals surface area contributed by atoms with E-state index in [4.69, 9.17) is 0 Å². The molecule has 1 amide bonds. The first kappa shape index (κ1) is 13.1. The SMILES string of the molecule is CCCN(C(=O)C1C2CCCC21)C1CC2CCC(C1)N2. The van der Waals surface area contributed by atoms with Gasteiger partial charge in [-0.2, -0.15) is 0 Å². The Balaban J connectivity index is 1.45. The molecule has 20 heavy (non-hydrogen) atoms. The van der Waals surface area contributed by atoms with Crippen LogP contribution in [0.4, 0.5) is 0 Å². The second-order valence-corrected chi connectivity index (χ2v) is 7.58. The molecular formula is C17H28N2O. The van der Waals surface area contributed by atoms with Crippen LogP contribution in [0.5, 0.6) is 0 Å². The zero-order valence-electron chi connectivity index (χ0n) is 12.7. The van der Waals surface area contributed by atoms with Crippen molar-refractivity contribution in [2.45, 2.75) is 76.4 Å². The number of rotatable bonds is 4. The van der Waals surface area contributed by atoms with Gasteiger partial charge in [0.15, 0.2) is 0 Å². The van der Waals surface area contributed by atoms with Crippen LogP contribution < -0.4 is 5.32 Å². The zero-order valence-corrected chi connectivity index (χ0v) is 12.7. The van der Waals surface area contributed by atoms with Gasteiger partial charge in [0.05, 0.1) is 0 Å². The smallest absolute Gasteiger partial charge is 0.226 e. The van der Waals surface area contributed by atoms with Crippen molar-refractivity contribution in [2.75, 3.05) is 6.54 Å². The molecule has 0 radical (unpaired) electrons. The summed E-state index contributed by atoms with van der Waals surface area (Å²) >= 11 is 0. The molecule has 2 aliphatic heterocycles. The Bertz CT molecular complexity index is 374. The fourth-order valence-electron chi connectivity index (χ4n) is 5.37. The van der Waals surface area contributed by atoms with Gasteiger partial charge in [-0.25, -0.2) is 0 Å². The summed E-state index contributed by atoms with van der Waals surface area (Å²) in [6, 6.07) is 1.90. The van der Waals surface area contributed by atoms with Gasteiger partial charge in [-0.05, 0) is 56.8 Å². The van der Waals surface area contributed by atoms with Crippen molar-refractivity contribution in [1.82, 2.24) is 10.2 Å². The average molecular weight is 276 g/mol. The highest BCUT2D eigenvalue weighted by molar-refractivity contribution is 5.83. The third-order valence-corrected chi connectivity index (χ3v) is 6.33. The molecule has 0 aromatic heterocycles. The summed E-state index contributed by atoms with van der Waals surface area (Å²) < 4.78 is 0. The number of nitrogens with zero attached hydrogens (tertiary/aromatic N) is 1. The van der Waals surface area contributed by atoms with Gasteiger partial charge in [-0.3, -0.25) is 4.79 Å². The highest BCUT2D eigenvalue weighted by atomic mass is 16.2. The summed E-state index contributed by atoms with van der Waals surface area (Å²) in [7, 11) is 0. The predicted octanol–water partition coefficient (Wildman–Crippen LogP) is 2.55. The number of hydrogen-bond donors (Lipinski definition) is 1. The Morgan fingerprint density at radius 1 is 1.10 bits per heavy atom. The highest BCUT2D eigenvalue weighted by Gasteiger charge is 2.58. The Kier molecular flexibility index (Phi) is 3.29. The molecule has 4 rings (SSSR count). The van der Waals surface area contributed by atoms with E-state index in [1.54, 1.807) is 0 Å². The second kappa shape index (κ2) is 5.01. The van der Waals surface area contributed by atoms with Crippen molar-refractivity contribution >= 4 is 5.91 Å². The second-order valence-electron chi connectivity index (χ2n) is 7.58. The summed E-state index contributed by atoms with van der Waals surface area (Å²) in [6.07, 6.45) is 10.1.